The molecule has 0 radical (unpaired) electrons. The summed E-state index contributed by atoms with van der Waals surface area (Å²) in [4.78, 5) is 28.8. The van der Waals surface area contributed by atoms with Gasteiger partial charge in [0.05, 0.1) is 39.5 Å². The maximum absolute atomic E-state index is 12.3. The molecule has 2 heterocycles. The van der Waals surface area contributed by atoms with E-state index in [1.165, 1.54) is 23.1 Å². The molecule has 4 rings (SSSR count). The highest BCUT2D eigenvalue weighted by Crippen LogP contribution is 2.31. The second-order valence-corrected chi connectivity index (χ2v) is 9.03. The molecule has 0 saturated carbocycles. The minimum Gasteiger partial charge on any atom is -0.467 e. The summed E-state index contributed by atoms with van der Waals surface area (Å²) < 4.78 is 6.88. The molecule has 2 aromatic carbocycles. The van der Waals surface area contributed by atoms with Crippen LogP contribution in [0.2, 0.25) is 5.02 Å². The third-order valence-electron chi connectivity index (χ3n) is 4.12. The lowest BCUT2D eigenvalue weighted by Crippen LogP contribution is -2.24. The Morgan fingerprint density at radius 1 is 1.10 bits per heavy atom. The Kier molecular flexibility index (Phi) is 6.76. The van der Waals surface area contributed by atoms with E-state index in [0.29, 0.717) is 28.7 Å². The molecule has 0 aliphatic heterocycles. The Bertz CT molecular complexity index is 1210. The van der Waals surface area contributed by atoms with Crippen LogP contribution < -0.4 is 16.0 Å². The zero-order valence-corrected chi connectivity index (χ0v) is 18.4. The number of carbonyl (C=O) groups is 2. The van der Waals surface area contributed by atoms with Crippen molar-refractivity contribution in [2.24, 2.45) is 0 Å². The largest absolute Gasteiger partial charge is 0.467 e. The number of thiazole rings is 1. The number of hydrogen-bond acceptors (Lipinski definition) is 6. The zero-order valence-electron chi connectivity index (χ0n) is 16.1. The first kappa shape index (κ1) is 21.2. The summed E-state index contributed by atoms with van der Waals surface area (Å²) in [5.74, 6) is 0.863. The summed E-state index contributed by atoms with van der Waals surface area (Å²) in [6, 6.07) is 15.7. The Morgan fingerprint density at radius 2 is 1.97 bits per heavy atom. The van der Waals surface area contributed by atoms with Gasteiger partial charge in [-0.15, -0.1) is 11.3 Å². The molecule has 0 spiro atoms. The third-order valence-corrected chi connectivity index (χ3v) is 6.61. The molecule has 0 atom stereocenters. The molecule has 0 aliphatic carbocycles. The number of para-hydroxylation sites is 1. The van der Waals surface area contributed by atoms with E-state index < -0.39 is 0 Å². The molecule has 10 heteroatoms. The molecule has 0 unspecified atom stereocenters. The number of nitrogens with one attached hydrogen (secondary N) is 3. The van der Waals surface area contributed by atoms with Crippen molar-refractivity contribution in [1.82, 2.24) is 10.3 Å². The van der Waals surface area contributed by atoms with Crippen LogP contribution in [0.15, 0.2) is 69.6 Å². The first-order valence-electron chi connectivity index (χ1n) is 9.22. The molecule has 0 fully saturated rings. The summed E-state index contributed by atoms with van der Waals surface area (Å²) in [5, 5.41) is 8.77. The fourth-order valence-electron chi connectivity index (χ4n) is 2.67. The predicted octanol–water partition coefficient (Wildman–Crippen LogP) is 5.60. The van der Waals surface area contributed by atoms with E-state index in [1.54, 1.807) is 48.7 Å². The lowest BCUT2D eigenvalue weighted by molar-refractivity contribution is -0.118. The summed E-state index contributed by atoms with van der Waals surface area (Å²) in [6.45, 7) is 0.359. The van der Waals surface area contributed by atoms with E-state index in [-0.39, 0.29) is 17.7 Å². The number of rotatable bonds is 7. The van der Waals surface area contributed by atoms with E-state index in [0.717, 1.165) is 14.6 Å². The highest BCUT2D eigenvalue weighted by molar-refractivity contribution is 8.01. The van der Waals surface area contributed by atoms with Gasteiger partial charge in [0.25, 0.3) is 0 Å². The van der Waals surface area contributed by atoms with Gasteiger partial charge in [0.15, 0.2) is 4.34 Å². The van der Waals surface area contributed by atoms with E-state index >= 15 is 0 Å². The van der Waals surface area contributed by atoms with Crippen molar-refractivity contribution >= 4 is 68.2 Å². The van der Waals surface area contributed by atoms with Gasteiger partial charge < -0.3 is 20.4 Å². The molecular formula is C21H17ClN4O3S2. The fraction of sp³-hybridized carbons (Fsp3) is 0.0952. The second kappa shape index (κ2) is 9.86. The lowest BCUT2D eigenvalue weighted by atomic mass is 10.3. The van der Waals surface area contributed by atoms with Gasteiger partial charge >= 0.3 is 6.03 Å². The smallest absolute Gasteiger partial charge is 0.323 e. The van der Waals surface area contributed by atoms with Crippen LogP contribution in [0.3, 0.4) is 0 Å². The van der Waals surface area contributed by atoms with Gasteiger partial charge in [-0.25, -0.2) is 9.78 Å². The third kappa shape index (κ3) is 5.78. The van der Waals surface area contributed by atoms with Crippen molar-refractivity contribution < 1.29 is 14.0 Å². The minimum atomic E-state index is -0.389. The van der Waals surface area contributed by atoms with Crippen molar-refractivity contribution in [1.29, 1.82) is 0 Å². The molecule has 31 heavy (non-hydrogen) atoms. The number of anilines is 2. The summed E-state index contributed by atoms with van der Waals surface area (Å²) >= 11 is 8.89. The molecule has 4 aromatic rings. The number of thioether (sulfide) groups is 1. The van der Waals surface area contributed by atoms with Crippen LogP contribution in [0, 0.1) is 0 Å². The van der Waals surface area contributed by atoms with Gasteiger partial charge in [-0.1, -0.05) is 35.5 Å². The van der Waals surface area contributed by atoms with E-state index in [1.807, 2.05) is 12.1 Å². The summed E-state index contributed by atoms with van der Waals surface area (Å²) in [7, 11) is 0. The number of furan rings is 1. The van der Waals surface area contributed by atoms with Crippen LogP contribution in [0.25, 0.3) is 10.2 Å². The fourth-order valence-corrected chi connectivity index (χ4v) is 4.79. The maximum atomic E-state index is 12.3. The summed E-state index contributed by atoms with van der Waals surface area (Å²) in [5.41, 5.74) is 1.97. The highest BCUT2D eigenvalue weighted by atomic mass is 35.5. The maximum Gasteiger partial charge on any atom is 0.323 e. The monoisotopic (exact) mass is 472 g/mol. The molecule has 0 bridgehead atoms. The molecule has 0 aliphatic rings. The van der Waals surface area contributed by atoms with Crippen LogP contribution in [0.5, 0.6) is 0 Å². The number of fused-ring (bicyclic) bond motifs is 1. The van der Waals surface area contributed by atoms with Crippen LogP contribution >= 0.6 is 34.7 Å². The second-order valence-electron chi connectivity index (χ2n) is 6.37. The number of halogens is 1. The molecule has 0 saturated heterocycles. The molecule has 3 N–H and O–H groups in total. The van der Waals surface area contributed by atoms with Gasteiger partial charge in [-0.3, -0.25) is 4.79 Å². The normalized spacial score (nSPS) is 10.7. The number of benzene rings is 2. The van der Waals surface area contributed by atoms with Crippen molar-refractivity contribution in [2.75, 3.05) is 16.4 Å². The Morgan fingerprint density at radius 3 is 2.77 bits per heavy atom. The lowest BCUT2D eigenvalue weighted by Gasteiger charge is -2.08. The van der Waals surface area contributed by atoms with Crippen LogP contribution in [0.4, 0.5) is 16.2 Å². The number of carbonyl (C=O) groups excluding carboxylic acids is 2. The van der Waals surface area contributed by atoms with E-state index in [4.69, 9.17) is 16.0 Å². The number of hydrogen-bond donors (Lipinski definition) is 3. The molecule has 7 nitrogen and oxygen atoms in total. The molecule has 158 valence electrons. The van der Waals surface area contributed by atoms with Crippen LogP contribution in [-0.2, 0) is 11.3 Å². The van der Waals surface area contributed by atoms with Gasteiger partial charge in [0.2, 0.25) is 5.91 Å². The quantitative estimate of drug-likeness (QED) is 0.304. The Hall–Kier alpha value is -3.01. The van der Waals surface area contributed by atoms with Crippen LogP contribution in [-0.4, -0.2) is 22.7 Å². The number of aromatic nitrogens is 1. The predicted molar refractivity (Wildman–Crippen MR) is 125 cm³/mol. The van der Waals surface area contributed by atoms with Gasteiger partial charge in [0.1, 0.15) is 5.76 Å². The minimum absolute atomic E-state index is 0.0979. The van der Waals surface area contributed by atoms with Crippen LogP contribution in [0.1, 0.15) is 5.76 Å². The summed E-state index contributed by atoms with van der Waals surface area (Å²) in [6.07, 6.45) is 1.57. The molecule has 2 aromatic heterocycles. The Labute approximate surface area is 191 Å². The van der Waals surface area contributed by atoms with Crippen molar-refractivity contribution in [3.8, 4) is 0 Å². The zero-order chi connectivity index (χ0) is 21.6. The topological polar surface area (TPSA) is 96.3 Å². The van der Waals surface area contributed by atoms with E-state index in [9.17, 15) is 9.59 Å². The number of urea groups is 1. The standard InChI is InChI=1S/C21H17ClN4O3S2/c22-15-5-1-2-6-16(15)25-20(28)24-13-7-8-17-18(10-13)31-21(26-17)30-12-19(27)23-11-14-4-3-9-29-14/h1-10H,11-12H2,(H,23,27)(H2,24,25,28). The SMILES string of the molecule is O=C(CSc1nc2ccc(NC(=O)Nc3ccccc3Cl)cc2s1)NCc1ccco1. The van der Waals surface area contributed by atoms with Gasteiger partial charge in [-0.05, 0) is 42.5 Å². The first-order chi connectivity index (χ1) is 15.1. The van der Waals surface area contributed by atoms with Gasteiger partial charge in [0, 0.05) is 5.69 Å². The Balaban J connectivity index is 1.32. The average molecular weight is 473 g/mol. The number of nitrogens with zero attached hydrogens (tertiary/aromatic N) is 1. The van der Waals surface area contributed by atoms with E-state index in [2.05, 4.69) is 20.9 Å². The first-order valence-corrected chi connectivity index (χ1v) is 11.4. The number of amides is 3. The van der Waals surface area contributed by atoms with Crippen molar-refractivity contribution in [3.05, 3.63) is 71.6 Å². The highest BCUT2D eigenvalue weighted by Gasteiger charge is 2.10. The molecular weight excluding hydrogens is 456 g/mol. The van der Waals surface area contributed by atoms with Crippen molar-refractivity contribution in [2.45, 2.75) is 10.9 Å². The van der Waals surface area contributed by atoms with Crippen molar-refractivity contribution in [3.63, 3.8) is 0 Å². The van der Waals surface area contributed by atoms with Gasteiger partial charge in [-0.2, -0.15) is 0 Å². The molecule has 3 amide bonds. The average Bonchev–Trinajstić information content (AvgIpc) is 3.41.